The maximum Gasteiger partial charge on any atom is 0.469 e. The van der Waals surface area contributed by atoms with Crippen LogP contribution in [0.1, 0.15) is 63.0 Å². The first-order chi connectivity index (χ1) is 13.3. The molecule has 4 N–H and O–H groups in total. The number of carbonyl (C=O) groups excluding carboxylic acids is 1. The number of aryl methyl sites for hydroxylation is 1. The van der Waals surface area contributed by atoms with E-state index in [1.165, 1.54) is 44.1 Å². The lowest BCUT2D eigenvalue weighted by Gasteiger charge is -2.16. The van der Waals surface area contributed by atoms with Crippen molar-refractivity contribution in [3.8, 4) is 0 Å². The fraction of sp³-hybridized carbons (Fsp3) is 0.650. The van der Waals surface area contributed by atoms with Gasteiger partial charge >= 0.3 is 7.82 Å². The minimum Gasteiger partial charge on any atom is -0.394 e. The number of hydrogen-bond acceptors (Lipinski definition) is 4. The summed E-state index contributed by atoms with van der Waals surface area (Å²) in [5.74, 6) is -0.332. The van der Waals surface area contributed by atoms with Crippen LogP contribution in [0.3, 0.4) is 0 Å². The average Bonchev–Trinajstić information content (AvgIpc) is 2.64. The number of carbonyl (C=O) groups is 1. The quantitative estimate of drug-likeness (QED) is 0.258. The molecular formula is C20H34NO6P. The van der Waals surface area contributed by atoms with E-state index in [1.54, 1.807) is 0 Å². The zero-order valence-electron chi connectivity index (χ0n) is 16.7. The number of rotatable bonds is 15. The van der Waals surface area contributed by atoms with Gasteiger partial charge in [0.05, 0.1) is 25.7 Å². The van der Waals surface area contributed by atoms with Crippen molar-refractivity contribution in [3.05, 3.63) is 35.4 Å². The molecule has 7 nitrogen and oxygen atoms in total. The highest BCUT2D eigenvalue weighted by Crippen LogP contribution is 2.35. The van der Waals surface area contributed by atoms with Gasteiger partial charge in [0.15, 0.2) is 0 Å². The Bertz CT molecular complexity index is 618. The first-order valence-corrected chi connectivity index (χ1v) is 11.5. The molecule has 0 aromatic heterocycles. The Morgan fingerprint density at radius 2 is 1.75 bits per heavy atom. The van der Waals surface area contributed by atoms with E-state index >= 15 is 0 Å². The van der Waals surface area contributed by atoms with Crippen LogP contribution in [0, 0.1) is 0 Å². The molecule has 1 amide bonds. The van der Waals surface area contributed by atoms with Crippen molar-refractivity contribution >= 4 is 13.7 Å². The van der Waals surface area contributed by atoms with E-state index < -0.39 is 27.1 Å². The highest BCUT2D eigenvalue weighted by Gasteiger charge is 2.19. The second-order valence-corrected chi connectivity index (χ2v) is 8.34. The van der Waals surface area contributed by atoms with Crippen LogP contribution in [0.5, 0.6) is 0 Å². The average molecular weight is 415 g/mol. The number of phosphoric ester groups is 1. The van der Waals surface area contributed by atoms with Gasteiger partial charge in [0.25, 0.3) is 0 Å². The van der Waals surface area contributed by atoms with Crippen molar-refractivity contribution in [1.82, 2.24) is 5.32 Å². The van der Waals surface area contributed by atoms with Crippen molar-refractivity contribution in [1.29, 1.82) is 0 Å². The Morgan fingerprint density at radius 1 is 1.11 bits per heavy atom. The predicted molar refractivity (Wildman–Crippen MR) is 109 cm³/mol. The lowest BCUT2D eigenvalue weighted by atomic mass is 10.0. The van der Waals surface area contributed by atoms with Crippen molar-refractivity contribution in [2.45, 2.75) is 70.8 Å². The van der Waals surface area contributed by atoms with Gasteiger partial charge in [-0.15, -0.1) is 0 Å². The molecule has 0 saturated heterocycles. The summed E-state index contributed by atoms with van der Waals surface area (Å²) in [6, 6.07) is 7.00. The molecule has 0 aliphatic carbocycles. The maximum atomic E-state index is 12.1. The molecule has 0 radical (unpaired) electrons. The van der Waals surface area contributed by atoms with Crippen molar-refractivity contribution in [2.24, 2.45) is 0 Å². The molecular weight excluding hydrogens is 381 g/mol. The lowest BCUT2D eigenvalue weighted by molar-refractivity contribution is -0.121. The van der Waals surface area contributed by atoms with Crippen LogP contribution >= 0.6 is 7.82 Å². The van der Waals surface area contributed by atoms with E-state index in [1.807, 2.05) is 18.2 Å². The second-order valence-electron chi connectivity index (χ2n) is 7.10. The second kappa shape index (κ2) is 13.9. The molecule has 8 heteroatoms. The third-order valence-electron chi connectivity index (χ3n) is 4.45. The molecule has 1 aromatic carbocycles. The molecule has 0 heterocycles. The lowest BCUT2D eigenvalue weighted by Crippen LogP contribution is -2.41. The Morgan fingerprint density at radius 3 is 2.39 bits per heavy atom. The molecule has 1 aromatic rings. The number of benzene rings is 1. The highest BCUT2D eigenvalue weighted by molar-refractivity contribution is 7.46. The van der Waals surface area contributed by atoms with Crippen LogP contribution in [0.2, 0.25) is 0 Å². The standard InChI is InChI=1S/C20H34NO6P/c1-2-3-4-5-6-7-8-10-17-11-9-12-18(13-17)14-20(23)21-19(15-22)16-27-28(24,25)26/h9,11-13,19,22H,2-8,10,14-16H2,1H3,(H,21,23)(H2,24,25,26)/t19-/m1/s1. The molecule has 1 atom stereocenters. The Kier molecular flexibility index (Phi) is 12.3. The van der Waals surface area contributed by atoms with Gasteiger partial charge < -0.3 is 20.2 Å². The fourth-order valence-electron chi connectivity index (χ4n) is 2.97. The number of hydrogen-bond donors (Lipinski definition) is 4. The molecule has 0 spiro atoms. The summed E-state index contributed by atoms with van der Waals surface area (Å²) in [7, 11) is -4.63. The Hall–Kier alpha value is -1.24. The van der Waals surface area contributed by atoms with Gasteiger partial charge in [-0.3, -0.25) is 9.32 Å². The van der Waals surface area contributed by atoms with Crippen LogP contribution in [0.25, 0.3) is 0 Å². The van der Waals surface area contributed by atoms with Crippen molar-refractivity contribution < 1.29 is 28.8 Å². The van der Waals surface area contributed by atoms with Crippen LogP contribution in [-0.2, 0) is 26.7 Å². The summed E-state index contributed by atoms with van der Waals surface area (Å²) in [6.45, 7) is 1.29. The summed E-state index contributed by atoms with van der Waals surface area (Å²) in [4.78, 5) is 29.5. The van der Waals surface area contributed by atoms with E-state index in [-0.39, 0.29) is 12.3 Å². The third-order valence-corrected chi connectivity index (χ3v) is 4.94. The first-order valence-electron chi connectivity index (χ1n) is 10.0. The van der Waals surface area contributed by atoms with Gasteiger partial charge in [0, 0.05) is 0 Å². The summed E-state index contributed by atoms with van der Waals surface area (Å²) < 4.78 is 15.0. The number of aliphatic hydroxyl groups excluding tert-OH is 1. The van der Waals surface area contributed by atoms with Gasteiger partial charge in [0.2, 0.25) is 5.91 Å². The van der Waals surface area contributed by atoms with Gasteiger partial charge in [-0.05, 0) is 24.0 Å². The first kappa shape index (κ1) is 24.8. The van der Waals surface area contributed by atoms with Crippen molar-refractivity contribution in [2.75, 3.05) is 13.2 Å². The minimum absolute atomic E-state index is 0.136. The molecule has 0 aliphatic heterocycles. The van der Waals surface area contributed by atoms with E-state index in [9.17, 15) is 14.5 Å². The smallest absolute Gasteiger partial charge is 0.394 e. The summed E-state index contributed by atoms with van der Waals surface area (Å²) >= 11 is 0. The molecule has 1 rings (SSSR count). The normalized spacial score (nSPS) is 12.7. The van der Waals surface area contributed by atoms with Gasteiger partial charge in [-0.25, -0.2) is 4.57 Å². The molecule has 160 valence electrons. The zero-order valence-corrected chi connectivity index (χ0v) is 17.6. The topological polar surface area (TPSA) is 116 Å². The Balaban J connectivity index is 2.38. The van der Waals surface area contributed by atoms with E-state index in [4.69, 9.17) is 9.79 Å². The predicted octanol–water partition coefficient (Wildman–Crippen LogP) is 3.11. The molecule has 0 bridgehead atoms. The Labute approximate surface area is 167 Å². The molecule has 0 saturated carbocycles. The minimum atomic E-state index is -4.63. The maximum absolute atomic E-state index is 12.1. The van der Waals surface area contributed by atoms with Crippen LogP contribution < -0.4 is 5.32 Å². The summed E-state index contributed by atoms with van der Waals surface area (Å²) in [5, 5.41) is 11.7. The molecule has 0 unspecified atom stereocenters. The van der Waals surface area contributed by atoms with Gasteiger partial charge in [-0.2, -0.15) is 0 Å². The number of aliphatic hydroxyl groups is 1. The van der Waals surface area contributed by atoms with Crippen molar-refractivity contribution in [3.63, 3.8) is 0 Å². The SMILES string of the molecule is CCCCCCCCCc1cccc(CC(=O)N[C@H](CO)COP(=O)(O)O)c1. The van der Waals surface area contributed by atoms with E-state index in [2.05, 4.69) is 22.8 Å². The number of amides is 1. The largest absolute Gasteiger partial charge is 0.469 e. The van der Waals surface area contributed by atoms with Crippen LogP contribution in [0.15, 0.2) is 24.3 Å². The molecule has 0 aliphatic rings. The number of unbranched alkanes of at least 4 members (excludes halogenated alkanes) is 6. The molecule has 0 fully saturated rings. The summed E-state index contributed by atoms with van der Waals surface area (Å²) in [5.41, 5.74) is 2.06. The van der Waals surface area contributed by atoms with E-state index in [0.29, 0.717) is 0 Å². The van der Waals surface area contributed by atoms with Crippen LogP contribution in [-0.4, -0.2) is 40.1 Å². The van der Waals surface area contributed by atoms with E-state index in [0.717, 1.165) is 18.4 Å². The number of nitrogens with one attached hydrogen (secondary N) is 1. The van der Waals surface area contributed by atoms with Gasteiger partial charge in [0.1, 0.15) is 0 Å². The molecule has 28 heavy (non-hydrogen) atoms. The summed E-state index contributed by atoms with van der Waals surface area (Å²) in [6.07, 6.45) is 9.92. The monoisotopic (exact) mass is 415 g/mol. The fourth-order valence-corrected chi connectivity index (χ4v) is 3.35. The zero-order chi connectivity index (χ0) is 20.8. The van der Waals surface area contributed by atoms with Gasteiger partial charge in [-0.1, -0.05) is 69.7 Å². The number of phosphoric acid groups is 1. The van der Waals surface area contributed by atoms with Crippen LogP contribution in [0.4, 0.5) is 0 Å². The highest BCUT2D eigenvalue weighted by atomic mass is 31.2. The third kappa shape index (κ3) is 12.3.